The zero-order valence-electron chi connectivity index (χ0n) is 12.1. The molecule has 6 heteroatoms. The van der Waals surface area contributed by atoms with Gasteiger partial charge in [0, 0.05) is 5.56 Å². The summed E-state index contributed by atoms with van der Waals surface area (Å²) in [5, 5.41) is 0.953. The molecule has 1 fully saturated rings. The van der Waals surface area contributed by atoms with E-state index in [0.717, 1.165) is 16.8 Å². The first kappa shape index (κ1) is 15.0. The van der Waals surface area contributed by atoms with E-state index in [0.29, 0.717) is 29.8 Å². The van der Waals surface area contributed by atoms with Crippen molar-refractivity contribution < 1.29 is 14.3 Å². The van der Waals surface area contributed by atoms with Gasteiger partial charge in [0.1, 0.15) is 0 Å². The molecule has 4 nitrogen and oxygen atoms in total. The number of anilines is 1. The Bertz CT molecular complexity index is 787. The second-order valence-electron chi connectivity index (χ2n) is 5.47. The fraction of sp³-hybridized carbons (Fsp3) is 0.235. The molecule has 23 heavy (non-hydrogen) atoms. The molecule has 0 aromatic heterocycles. The molecule has 118 valence electrons. The van der Waals surface area contributed by atoms with Crippen molar-refractivity contribution in [2.75, 3.05) is 18.1 Å². The van der Waals surface area contributed by atoms with E-state index < -0.39 is 5.79 Å². The maximum Gasteiger partial charge on any atom is 0.292 e. The minimum atomic E-state index is -1.30. The molecule has 4 rings (SSSR count). The summed E-state index contributed by atoms with van der Waals surface area (Å²) in [5.74, 6) is -1.51. The number of para-hydroxylation sites is 1. The molecule has 0 saturated carbocycles. The smallest absolute Gasteiger partial charge is 0.292 e. The van der Waals surface area contributed by atoms with Gasteiger partial charge in [-0.25, -0.2) is 0 Å². The first-order chi connectivity index (χ1) is 11.1. The number of ether oxygens (including phenoxy) is 2. The number of carbonyl (C=O) groups is 1. The number of rotatable bonds is 2. The van der Waals surface area contributed by atoms with Crippen LogP contribution in [0.3, 0.4) is 0 Å². The van der Waals surface area contributed by atoms with Crippen LogP contribution in [0.15, 0.2) is 42.5 Å². The molecule has 1 saturated heterocycles. The number of benzene rings is 2. The second kappa shape index (κ2) is 5.49. The van der Waals surface area contributed by atoms with E-state index in [9.17, 15) is 4.79 Å². The molecule has 1 amide bonds. The number of hydrogen-bond donors (Lipinski definition) is 0. The SMILES string of the molecule is O=C1N(Cc2ccc(Cl)c(Cl)c2)c2ccccc2C12OCCO2. The van der Waals surface area contributed by atoms with E-state index in [1.165, 1.54) is 0 Å². The highest BCUT2D eigenvalue weighted by Gasteiger charge is 2.55. The van der Waals surface area contributed by atoms with Crippen LogP contribution in [0.1, 0.15) is 11.1 Å². The summed E-state index contributed by atoms with van der Waals surface area (Å²) < 4.78 is 11.4. The molecule has 0 aliphatic carbocycles. The second-order valence-corrected chi connectivity index (χ2v) is 6.28. The van der Waals surface area contributed by atoms with Gasteiger partial charge in [-0.2, -0.15) is 0 Å². The molecular weight excluding hydrogens is 337 g/mol. The maximum atomic E-state index is 13.0. The fourth-order valence-electron chi connectivity index (χ4n) is 3.06. The lowest BCUT2D eigenvalue weighted by atomic mass is 10.1. The third-order valence-corrected chi connectivity index (χ3v) is 4.83. The Kier molecular flexibility index (Phi) is 3.58. The predicted molar refractivity (Wildman–Crippen MR) is 87.7 cm³/mol. The van der Waals surface area contributed by atoms with Crippen molar-refractivity contribution in [1.82, 2.24) is 0 Å². The van der Waals surface area contributed by atoms with Crippen LogP contribution in [-0.2, 0) is 26.6 Å². The summed E-state index contributed by atoms with van der Waals surface area (Å²) in [7, 11) is 0. The van der Waals surface area contributed by atoms with Gasteiger partial charge in [-0.05, 0) is 23.8 Å². The molecule has 2 aliphatic heterocycles. The first-order valence-corrected chi connectivity index (χ1v) is 8.01. The predicted octanol–water partition coefficient (Wildman–Crippen LogP) is 3.74. The number of carbonyl (C=O) groups excluding carboxylic acids is 1. The molecule has 0 atom stereocenters. The largest absolute Gasteiger partial charge is 0.336 e. The molecule has 2 aromatic rings. The molecule has 0 bridgehead atoms. The van der Waals surface area contributed by atoms with Crippen LogP contribution in [-0.4, -0.2) is 19.1 Å². The van der Waals surface area contributed by atoms with E-state index in [4.69, 9.17) is 32.7 Å². The van der Waals surface area contributed by atoms with E-state index in [1.54, 1.807) is 17.0 Å². The normalized spacial score (nSPS) is 18.7. The van der Waals surface area contributed by atoms with E-state index in [1.807, 2.05) is 30.3 Å². The van der Waals surface area contributed by atoms with Crippen molar-refractivity contribution in [1.29, 1.82) is 0 Å². The summed E-state index contributed by atoms with van der Waals surface area (Å²) in [6.07, 6.45) is 0. The standard InChI is InChI=1S/C17H13Cl2NO3/c18-13-6-5-11(9-14(13)19)10-20-15-4-2-1-3-12(15)17(16(20)21)22-7-8-23-17/h1-6,9H,7-8,10H2. The lowest BCUT2D eigenvalue weighted by Crippen LogP contribution is -2.40. The zero-order valence-corrected chi connectivity index (χ0v) is 13.6. The molecule has 0 radical (unpaired) electrons. The Balaban J connectivity index is 1.74. The molecular formula is C17H13Cl2NO3. The number of halogens is 2. The van der Waals surface area contributed by atoms with Gasteiger partial charge in [-0.15, -0.1) is 0 Å². The highest BCUT2D eigenvalue weighted by Crippen LogP contribution is 2.46. The van der Waals surface area contributed by atoms with Crippen LogP contribution in [0.25, 0.3) is 0 Å². The third-order valence-electron chi connectivity index (χ3n) is 4.09. The molecule has 2 heterocycles. The van der Waals surface area contributed by atoms with Crippen LogP contribution in [0, 0.1) is 0 Å². The first-order valence-electron chi connectivity index (χ1n) is 7.25. The van der Waals surface area contributed by atoms with Gasteiger partial charge in [0.15, 0.2) is 0 Å². The Hall–Kier alpha value is -1.59. The van der Waals surface area contributed by atoms with Gasteiger partial charge >= 0.3 is 0 Å². The minimum Gasteiger partial charge on any atom is -0.336 e. The van der Waals surface area contributed by atoms with Crippen LogP contribution in [0.4, 0.5) is 5.69 Å². The van der Waals surface area contributed by atoms with Crippen molar-refractivity contribution in [3.8, 4) is 0 Å². The zero-order chi connectivity index (χ0) is 16.0. The van der Waals surface area contributed by atoms with E-state index >= 15 is 0 Å². The van der Waals surface area contributed by atoms with Gasteiger partial charge < -0.3 is 14.4 Å². The highest BCUT2D eigenvalue weighted by molar-refractivity contribution is 6.42. The van der Waals surface area contributed by atoms with E-state index in [-0.39, 0.29) is 5.91 Å². The van der Waals surface area contributed by atoms with Gasteiger partial charge in [0.2, 0.25) is 0 Å². The quantitative estimate of drug-likeness (QED) is 0.828. The lowest BCUT2D eigenvalue weighted by molar-refractivity contribution is -0.180. The molecule has 2 aromatic carbocycles. The molecule has 1 spiro atoms. The lowest BCUT2D eigenvalue weighted by Gasteiger charge is -2.22. The topological polar surface area (TPSA) is 38.8 Å². The number of fused-ring (bicyclic) bond motifs is 2. The van der Waals surface area contributed by atoms with E-state index in [2.05, 4.69) is 0 Å². The van der Waals surface area contributed by atoms with Crippen molar-refractivity contribution >= 4 is 34.8 Å². The van der Waals surface area contributed by atoms with Gasteiger partial charge in [-0.3, -0.25) is 4.79 Å². The number of hydrogen-bond acceptors (Lipinski definition) is 3. The van der Waals surface area contributed by atoms with Crippen LogP contribution < -0.4 is 4.90 Å². The number of nitrogens with zero attached hydrogens (tertiary/aromatic N) is 1. The third kappa shape index (κ3) is 2.25. The van der Waals surface area contributed by atoms with Gasteiger partial charge in [0.25, 0.3) is 11.7 Å². The van der Waals surface area contributed by atoms with Crippen molar-refractivity contribution in [3.05, 3.63) is 63.6 Å². The average Bonchev–Trinajstić information content (AvgIpc) is 3.13. The Morgan fingerprint density at radius 2 is 1.78 bits per heavy atom. The Morgan fingerprint density at radius 3 is 2.52 bits per heavy atom. The molecule has 0 unspecified atom stereocenters. The fourth-order valence-corrected chi connectivity index (χ4v) is 3.38. The summed E-state index contributed by atoms with van der Waals surface area (Å²) in [4.78, 5) is 14.6. The monoisotopic (exact) mass is 349 g/mol. The minimum absolute atomic E-state index is 0.206. The van der Waals surface area contributed by atoms with Crippen molar-refractivity contribution in [2.24, 2.45) is 0 Å². The Morgan fingerprint density at radius 1 is 1.04 bits per heavy atom. The number of amides is 1. The summed E-state index contributed by atoms with van der Waals surface area (Å²) in [6.45, 7) is 1.18. The average molecular weight is 350 g/mol. The van der Waals surface area contributed by atoms with Crippen LogP contribution in [0.5, 0.6) is 0 Å². The molecule has 2 aliphatic rings. The van der Waals surface area contributed by atoms with Gasteiger partial charge in [-0.1, -0.05) is 47.5 Å². The highest BCUT2D eigenvalue weighted by atomic mass is 35.5. The van der Waals surface area contributed by atoms with Crippen molar-refractivity contribution in [3.63, 3.8) is 0 Å². The summed E-state index contributed by atoms with van der Waals surface area (Å²) >= 11 is 12.0. The summed E-state index contributed by atoms with van der Waals surface area (Å²) in [5.41, 5.74) is 2.44. The van der Waals surface area contributed by atoms with Crippen molar-refractivity contribution in [2.45, 2.75) is 12.3 Å². The van der Waals surface area contributed by atoms with Crippen LogP contribution >= 0.6 is 23.2 Å². The van der Waals surface area contributed by atoms with Crippen LogP contribution in [0.2, 0.25) is 10.0 Å². The maximum absolute atomic E-state index is 13.0. The Labute approximate surface area is 143 Å². The molecule has 0 N–H and O–H groups in total. The summed E-state index contributed by atoms with van der Waals surface area (Å²) in [6, 6.07) is 12.9. The van der Waals surface area contributed by atoms with Gasteiger partial charge in [0.05, 0.1) is 35.5 Å².